The molecule has 2 rings (SSSR count). The maximum Gasteiger partial charge on any atom is 0.306 e. The van der Waals surface area contributed by atoms with Crippen LogP contribution in [-0.4, -0.2) is 47.4 Å². The molecule has 0 radical (unpaired) electrons. The van der Waals surface area contributed by atoms with Gasteiger partial charge < -0.3 is 20.0 Å². The van der Waals surface area contributed by atoms with E-state index in [2.05, 4.69) is 21.7 Å². The zero-order valence-electron chi connectivity index (χ0n) is 11.9. The number of aromatic nitrogens is 2. The molecule has 1 saturated heterocycles. The molecule has 2 heterocycles. The molecule has 0 saturated carbocycles. The Labute approximate surface area is 122 Å². The van der Waals surface area contributed by atoms with Crippen LogP contribution in [-0.2, 0) is 11.2 Å². The summed E-state index contributed by atoms with van der Waals surface area (Å²) in [6, 6.07) is 0. The van der Waals surface area contributed by atoms with Crippen LogP contribution in [0.4, 0.5) is 5.82 Å². The molecule has 1 aliphatic rings. The van der Waals surface area contributed by atoms with Gasteiger partial charge in [-0.1, -0.05) is 0 Å². The summed E-state index contributed by atoms with van der Waals surface area (Å²) in [4.78, 5) is 35.6. The number of hydrogen-bond acceptors (Lipinski definition) is 5. The topological polar surface area (TPSA) is 98.7 Å². The molecule has 7 nitrogen and oxygen atoms in total. The second-order valence-corrected chi connectivity index (χ2v) is 5.19. The Bertz CT molecular complexity index is 562. The number of aryl methyl sites for hydroxylation is 1. The summed E-state index contributed by atoms with van der Waals surface area (Å²) in [6.45, 7) is 5.19. The van der Waals surface area contributed by atoms with E-state index in [4.69, 9.17) is 5.11 Å². The van der Waals surface area contributed by atoms with Crippen LogP contribution < -0.4 is 10.5 Å². The highest BCUT2D eigenvalue weighted by molar-refractivity contribution is 5.70. The molecule has 21 heavy (non-hydrogen) atoms. The van der Waals surface area contributed by atoms with E-state index in [1.807, 2.05) is 4.90 Å². The van der Waals surface area contributed by atoms with Crippen molar-refractivity contribution < 1.29 is 9.90 Å². The third-order valence-corrected chi connectivity index (χ3v) is 3.72. The maximum absolute atomic E-state index is 11.9. The number of aliphatic imine (C=N–C) groups is 1. The molecule has 0 spiro atoms. The summed E-state index contributed by atoms with van der Waals surface area (Å²) in [5, 5.41) is 9.00. The van der Waals surface area contributed by atoms with E-state index in [1.54, 1.807) is 6.20 Å². The first kappa shape index (κ1) is 15.2. The number of carboxylic acids is 1. The highest BCUT2D eigenvalue weighted by Crippen LogP contribution is 2.20. The predicted octanol–water partition coefficient (Wildman–Crippen LogP) is 0.704. The van der Waals surface area contributed by atoms with E-state index >= 15 is 0 Å². The Kier molecular flexibility index (Phi) is 5.08. The van der Waals surface area contributed by atoms with E-state index in [-0.39, 0.29) is 11.5 Å². The number of hydrogen-bond donors (Lipinski definition) is 2. The van der Waals surface area contributed by atoms with Crippen LogP contribution in [0.1, 0.15) is 25.0 Å². The first-order chi connectivity index (χ1) is 10.1. The molecule has 2 N–H and O–H groups in total. The van der Waals surface area contributed by atoms with Crippen molar-refractivity contribution in [2.24, 2.45) is 10.9 Å². The first-order valence-corrected chi connectivity index (χ1v) is 7.10. The minimum absolute atomic E-state index is 0.227. The van der Waals surface area contributed by atoms with Gasteiger partial charge in [0.2, 0.25) is 0 Å². The zero-order chi connectivity index (χ0) is 15.2. The van der Waals surface area contributed by atoms with Crippen LogP contribution in [0.5, 0.6) is 0 Å². The van der Waals surface area contributed by atoms with Crippen LogP contribution in [0.15, 0.2) is 16.0 Å². The molecular formula is C14H20N4O3. The van der Waals surface area contributed by atoms with Gasteiger partial charge in [-0.15, -0.1) is 0 Å². The lowest BCUT2D eigenvalue weighted by Crippen LogP contribution is -2.39. The van der Waals surface area contributed by atoms with Crippen LogP contribution >= 0.6 is 0 Å². The van der Waals surface area contributed by atoms with Gasteiger partial charge >= 0.3 is 5.97 Å². The molecule has 7 heteroatoms. The lowest BCUT2D eigenvalue weighted by atomic mass is 9.97. The average molecular weight is 292 g/mol. The van der Waals surface area contributed by atoms with Crippen LogP contribution in [0.3, 0.4) is 0 Å². The third kappa shape index (κ3) is 3.90. The Morgan fingerprint density at radius 1 is 1.52 bits per heavy atom. The van der Waals surface area contributed by atoms with Crippen molar-refractivity contribution >= 4 is 18.5 Å². The lowest BCUT2D eigenvalue weighted by Gasteiger charge is -2.30. The largest absolute Gasteiger partial charge is 0.481 e. The highest BCUT2D eigenvalue weighted by atomic mass is 16.4. The van der Waals surface area contributed by atoms with Crippen LogP contribution in [0, 0.1) is 5.92 Å². The Hall–Kier alpha value is -2.18. The van der Waals surface area contributed by atoms with Crippen molar-refractivity contribution in [3.05, 3.63) is 22.2 Å². The molecule has 0 bridgehead atoms. The van der Waals surface area contributed by atoms with E-state index in [9.17, 15) is 9.59 Å². The van der Waals surface area contributed by atoms with E-state index in [0.717, 1.165) is 18.5 Å². The Balaban J connectivity index is 2.05. The molecule has 0 atom stereocenters. The predicted molar refractivity (Wildman–Crippen MR) is 80.2 cm³/mol. The SMILES string of the molecule is C=NCCCc1c[nH]c(=O)c(N2CCC(C(=O)O)CC2)n1. The number of nitrogens with one attached hydrogen (secondary N) is 1. The number of piperidine rings is 1. The van der Waals surface area contributed by atoms with Crippen molar-refractivity contribution in [1.29, 1.82) is 0 Å². The number of aliphatic carboxylic acids is 1. The molecule has 114 valence electrons. The Morgan fingerprint density at radius 3 is 2.86 bits per heavy atom. The van der Waals surface area contributed by atoms with Crippen molar-refractivity contribution in [1.82, 2.24) is 9.97 Å². The van der Waals surface area contributed by atoms with E-state index < -0.39 is 5.97 Å². The standard InChI is InChI=1S/C14H20N4O3/c1-15-6-2-3-11-9-16-13(19)12(17-11)18-7-4-10(5-8-18)14(20)21/h9-10H,1-8H2,(H,16,19)(H,20,21). The van der Waals surface area contributed by atoms with Gasteiger partial charge in [0, 0.05) is 25.8 Å². The van der Waals surface area contributed by atoms with E-state index in [1.165, 1.54) is 0 Å². The van der Waals surface area contributed by atoms with Gasteiger partial charge in [-0.3, -0.25) is 9.59 Å². The van der Waals surface area contributed by atoms with Gasteiger partial charge in [0.25, 0.3) is 5.56 Å². The fourth-order valence-corrected chi connectivity index (χ4v) is 2.49. The first-order valence-electron chi connectivity index (χ1n) is 7.10. The van der Waals surface area contributed by atoms with Gasteiger partial charge in [0.15, 0.2) is 5.82 Å². The maximum atomic E-state index is 11.9. The second kappa shape index (κ2) is 7.01. The van der Waals surface area contributed by atoms with Crippen LogP contribution in [0.2, 0.25) is 0 Å². The van der Waals surface area contributed by atoms with Crippen molar-refractivity contribution in [3.63, 3.8) is 0 Å². The summed E-state index contributed by atoms with van der Waals surface area (Å²) < 4.78 is 0. The molecule has 1 fully saturated rings. The fourth-order valence-electron chi connectivity index (χ4n) is 2.49. The van der Waals surface area contributed by atoms with Crippen molar-refractivity contribution in [2.75, 3.05) is 24.5 Å². The number of nitrogens with zero attached hydrogens (tertiary/aromatic N) is 3. The second-order valence-electron chi connectivity index (χ2n) is 5.19. The number of H-pyrrole nitrogens is 1. The number of rotatable bonds is 6. The van der Waals surface area contributed by atoms with Crippen LogP contribution in [0.25, 0.3) is 0 Å². The summed E-state index contributed by atoms with van der Waals surface area (Å²) in [5.74, 6) is -0.688. The molecule has 0 aromatic carbocycles. The third-order valence-electron chi connectivity index (χ3n) is 3.72. The van der Waals surface area contributed by atoms with E-state index in [0.29, 0.717) is 38.3 Å². The highest BCUT2D eigenvalue weighted by Gasteiger charge is 2.26. The molecular weight excluding hydrogens is 272 g/mol. The zero-order valence-corrected chi connectivity index (χ0v) is 11.9. The lowest BCUT2D eigenvalue weighted by molar-refractivity contribution is -0.142. The van der Waals surface area contributed by atoms with Gasteiger partial charge in [-0.25, -0.2) is 4.98 Å². The summed E-state index contributed by atoms with van der Waals surface area (Å²) in [7, 11) is 0. The molecule has 0 unspecified atom stereocenters. The smallest absolute Gasteiger partial charge is 0.306 e. The van der Waals surface area contributed by atoms with Crippen molar-refractivity contribution in [2.45, 2.75) is 25.7 Å². The summed E-state index contributed by atoms with van der Waals surface area (Å²) in [6.07, 6.45) is 4.28. The fraction of sp³-hybridized carbons (Fsp3) is 0.571. The van der Waals surface area contributed by atoms with Gasteiger partial charge in [-0.05, 0) is 32.4 Å². The molecule has 1 aromatic heterocycles. The normalized spacial score (nSPS) is 15.9. The molecule has 1 aliphatic heterocycles. The molecule has 0 aliphatic carbocycles. The minimum Gasteiger partial charge on any atom is -0.481 e. The number of carboxylic acid groups (broad SMARTS) is 1. The number of aromatic amines is 1. The molecule has 0 amide bonds. The van der Waals surface area contributed by atoms with Crippen molar-refractivity contribution in [3.8, 4) is 0 Å². The quantitative estimate of drug-likeness (QED) is 0.594. The van der Waals surface area contributed by atoms with Gasteiger partial charge in [0.1, 0.15) is 0 Å². The van der Waals surface area contributed by atoms with Gasteiger partial charge in [-0.2, -0.15) is 0 Å². The monoisotopic (exact) mass is 292 g/mol. The molecule has 1 aromatic rings. The minimum atomic E-state index is -0.762. The summed E-state index contributed by atoms with van der Waals surface area (Å²) >= 11 is 0. The summed E-state index contributed by atoms with van der Waals surface area (Å²) in [5.41, 5.74) is 0.586. The average Bonchev–Trinajstić information content (AvgIpc) is 2.49. The Morgan fingerprint density at radius 2 is 2.24 bits per heavy atom. The number of carbonyl (C=O) groups is 1. The van der Waals surface area contributed by atoms with Gasteiger partial charge in [0.05, 0.1) is 11.6 Å². The number of anilines is 1.